The Balaban J connectivity index is 2.46. The molecule has 1 rings (SSSR count). The first-order valence-corrected chi connectivity index (χ1v) is 5.78. The van der Waals surface area contributed by atoms with Crippen LogP contribution in [0.25, 0.3) is 0 Å². The zero-order valence-corrected chi connectivity index (χ0v) is 10.4. The van der Waals surface area contributed by atoms with E-state index in [-0.39, 0.29) is 12.1 Å². The molecule has 1 atom stereocenters. The largest absolute Gasteiger partial charge is 0.466 e. The van der Waals surface area contributed by atoms with Crippen molar-refractivity contribution in [3.63, 3.8) is 0 Å². The standard InChI is InChI=1S/C12H21NO3/c1-4-11(12(14)15-3)5-6-13-7-8-16-10(2)9-13/h5,10H,4,6-9H2,1-3H3. The Labute approximate surface area is 97.2 Å². The average molecular weight is 227 g/mol. The fraction of sp³-hybridized carbons (Fsp3) is 0.750. The van der Waals surface area contributed by atoms with E-state index in [1.54, 1.807) is 0 Å². The Bertz CT molecular complexity index is 263. The van der Waals surface area contributed by atoms with Gasteiger partial charge in [-0.2, -0.15) is 0 Å². The van der Waals surface area contributed by atoms with Gasteiger partial charge in [0.25, 0.3) is 0 Å². The predicted molar refractivity (Wildman–Crippen MR) is 62.2 cm³/mol. The lowest BCUT2D eigenvalue weighted by atomic mass is 10.2. The molecule has 0 aromatic heterocycles. The molecule has 0 aliphatic carbocycles. The minimum atomic E-state index is -0.219. The van der Waals surface area contributed by atoms with Crippen molar-refractivity contribution >= 4 is 5.97 Å². The van der Waals surface area contributed by atoms with Gasteiger partial charge in [-0.15, -0.1) is 0 Å². The van der Waals surface area contributed by atoms with E-state index in [4.69, 9.17) is 9.47 Å². The van der Waals surface area contributed by atoms with E-state index in [0.717, 1.165) is 31.8 Å². The topological polar surface area (TPSA) is 38.8 Å². The third kappa shape index (κ3) is 3.94. The highest BCUT2D eigenvalue weighted by atomic mass is 16.5. The minimum Gasteiger partial charge on any atom is -0.466 e. The van der Waals surface area contributed by atoms with Crippen LogP contribution >= 0.6 is 0 Å². The van der Waals surface area contributed by atoms with E-state index in [2.05, 4.69) is 11.8 Å². The van der Waals surface area contributed by atoms with E-state index in [1.807, 2.05) is 13.0 Å². The van der Waals surface area contributed by atoms with Crippen LogP contribution in [-0.4, -0.2) is 50.3 Å². The van der Waals surface area contributed by atoms with Crippen molar-refractivity contribution in [1.29, 1.82) is 0 Å². The van der Waals surface area contributed by atoms with Crippen molar-refractivity contribution in [2.45, 2.75) is 26.4 Å². The summed E-state index contributed by atoms with van der Waals surface area (Å²) in [5.41, 5.74) is 0.752. The maximum Gasteiger partial charge on any atom is 0.333 e. The van der Waals surface area contributed by atoms with E-state index in [1.165, 1.54) is 7.11 Å². The molecule has 0 N–H and O–H groups in total. The van der Waals surface area contributed by atoms with Crippen LogP contribution in [0.15, 0.2) is 11.6 Å². The van der Waals surface area contributed by atoms with Gasteiger partial charge in [0.2, 0.25) is 0 Å². The Hall–Kier alpha value is -0.870. The van der Waals surface area contributed by atoms with Gasteiger partial charge in [0.15, 0.2) is 0 Å². The van der Waals surface area contributed by atoms with Crippen molar-refractivity contribution in [2.24, 2.45) is 0 Å². The van der Waals surface area contributed by atoms with Crippen molar-refractivity contribution < 1.29 is 14.3 Å². The predicted octanol–water partition coefficient (Wildman–Crippen LogP) is 1.22. The first-order valence-electron chi connectivity index (χ1n) is 5.78. The summed E-state index contributed by atoms with van der Waals surface area (Å²) in [5.74, 6) is -0.219. The second kappa shape index (κ2) is 6.66. The van der Waals surface area contributed by atoms with Gasteiger partial charge in [-0.1, -0.05) is 13.0 Å². The van der Waals surface area contributed by atoms with Gasteiger partial charge in [-0.25, -0.2) is 4.79 Å². The Morgan fingerprint density at radius 2 is 2.38 bits per heavy atom. The third-order valence-electron chi connectivity index (χ3n) is 2.75. The van der Waals surface area contributed by atoms with Gasteiger partial charge in [0.1, 0.15) is 0 Å². The highest BCUT2D eigenvalue weighted by Gasteiger charge is 2.16. The Morgan fingerprint density at radius 3 is 2.94 bits per heavy atom. The molecule has 0 spiro atoms. The Morgan fingerprint density at radius 1 is 1.62 bits per heavy atom. The van der Waals surface area contributed by atoms with Crippen LogP contribution in [0, 0.1) is 0 Å². The van der Waals surface area contributed by atoms with Crippen molar-refractivity contribution in [3.05, 3.63) is 11.6 Å². The number of morpholine rings is 1. The van der Waals surface area contributed by atoms with Crippen LogP contribution in [0.4, 0.5) is 0 Å². The molecule has 1 unspecified atom stereocenters. The van der Waals surface area contributed by atoms with Gasteiger partial charge >= 0.3 is 5.97 Å². The Kier molecular flexibility index (Phi) is 5.49. The molecule has 0 amide bonds. The smallest absolute Gasteiger partial charge is 0.333 e. The zero-order valence-electron chi connectivity index (χ0n) is 10.4. The highest BCUT2D eigenvalue weighted by Crippen LogP contribution is 2.07. The van der Waals surface area contributed by atoms with Crippen LogP contribution in [0.2, 0.25) is 0 Å². The van der Waals surface area contributed by atoms with Gasteiger partial charge in [0, 0.05) is 25.2 Å². The summed E-state index contributed by atoms with van der Waals surface area (Å²) in [6.07, 6.45) is 2.96. The maximum atomic E-state index is 11.3. The molecule has 1 heterocycles. The van der Waals surface area contributed by atoms with Crippen LogP contribution in [0.3, 0.4) is 0 Å². The van der Waals surface area contributed by atoms with Crippen LogP contribution in [0.1, 0.15) is 20.3 Å². The summed E-state index contributed by atoms with van der Waals surface area (Å²) in [6.45, 7) is 7.45. The number of carbonyl (C=O) groups is 1. The molecule has 1 saturated heterocycles. The summed E-state index contributed by atoms with van der Waals surface area (Å²) in [7, 11) is 1.42. The van der Waals surface area contributed by atoms with E-state index < -0.39 is 0 Å². The number of rotatable bonds is 4. The molecular formula is C12H21NO3. The number of hydrogen-bond acceptors (Lipinski definition) is 4. The molecule has 4 heteroatoms. The number of carbonyl (C=O) groups excluding carboxylic acids is 1. The van der Waals surface area contributed by atoms with Crippen LogP contribution in [0.5, 0.6) is 0 Å². The van der Waals surface area contributed by atoms with Gasteiger partial charge in [0.05, 0.1) is 19.8 Å². The molecule has 1 aliphatic heterocycles. The molecule has 92 valence electrons. The number of hydrogen-bond donors (Lipinski definition) is 0. The normalized spacial score (nSPS) is 23.2. The summed E-state index contributed by atoms with van der Waals surface area (Å²) < 4.78 is 10.2. The average Bonchev–Trinajstić information content (AvgIpc) is 2.29. The van der Waals surface area contributed by atoms with Gasteiger partial charge in [-0.05, 0) is 13.3 Å². The van der Waals surface area contributed by atoms with Gasteiger partial charge in [-0.3, -0.25) is 4.90 Å². The number of esters is 1. The second-order valence-corrected chi connectivity index (χ2v) is 4.02. The quantitative estimate of drug-likeness (QED) is 0.534. The molecule has 16 heavy (non-hydrogen) atoms. The highest BCUT2D eigenvalue weighted by molar-refractivity contribution is 5.88. The number of nitrogens with zero attached hydrogens (tertiary/aromatic N) is 1. The maximum absolute atomic E-state index is 11.3. The zero-order chi connectivity index (χ0) is 12.0. The third-order valence-corrected chi connectivity index (χ3v) is 2.75. The molecule has 0 saturated carbocycles. The van der Waals surface area contributed by atoms with Crippen molar-refractivity contribution in [3.8, 4) is 0 Å². The van der Waals surface area contributed by atoms with E-state index in [9.17, 15) is 4.79 Å². The lowest BCUT2D eigenvalue weighted by Gasteiger charge is -2.30. The molecule has 0 radical (unpaired) electrons. The summed E-state index contributed by atoms with van der Waals surface area (Å²) >= 11 is 0. The molecular weight excluding hydrogens is 206 g/mol. The van der Waals surface area contributed by atoms with Crippen LogP contribution < -0.4 is 0 Å². The van der Waals surface area contributed by atoms with E-state index in [0.29, 0.717) is 6.42 Å². The molecule has 0 aromatic rings. The molecule has 1 fully saturated rings. The van der Waals surface area contributed by atoms with Gasteiger partial charge < -0.3 is 9.47 Å². The monoisotopic (exact) mass is 227 g/mol. The number of methoxy groups -OCH3 is 1. The lowest BCUT2D eigenvalue weighted by Crippen LogP contribution is -2.41. The first-order chi connectivity index (χ1) is 7.67. The molecule has 1 aliphatic rings. The minimum absolute atomic E-state index is 0.219. The fourth-order valence-electron chi connectivity index (χ4n) is 1.80. The van der Waals surface area contributed by atoms with Crippen molar-refractivity contribution in [1.82, 2.24) is 4.90 Å². The van der Waals surface area contributed by atoms with Crippen molar-refractivity contribution in [2.75, 3.05) is 33.4 Å². The fourth-order valence-corrected chi connectivity index (χ4v) is 1.80. The summed E-state index contributed by atoms with van der Waals surface area (Å²) in [6, 6.07) is 0. The van der Waals surface area contributed by atoms with Crippen LogP contribution in [-0.2, 0) is 14.3 Å². The van der Waals surface area contributed by atoms with E-state index >= 15 is 0 Å². The molecule has 0 bridgehead atoms. The SMILES string of the molecule is CCC(=CCN1CCOC(C)C1)C(=O)OC. The molecule has 4 nitrogen and oxygen atoms in total. The first kappa shape index (κ1) is 13.2. The molecule has 0 aromatic carbocycles. The summed E-state index contributed by atoms with van der Waals surface area (Å²) in [4.78, 5) is 13.6. The second-order valence-electron chi connectivity index (χ2n) is 4.02. The number of ether oxygens (including phenoxy) is 2. The lowest BCUT2D eigenvalue weighted by molar-refractivity contribution is -0.136. The summed E-state index contributed by atoms with van der Waals surface area (Å²) in [5, 5.41) is 0.